The molecule has 1 aromatic rings. The first-order chi connectivity index (χ1) is 9.06. The van der Waals surface area contributed by atoms with Crippen LogP contribution >= 0.6 is 0 Å². The third kappa shape index (κ3) is 4.62. The van der Waals surface area contributed by atoms with Gasteiger partial charge in [0.25, 0.3) is 0 Å². The van der Waals surface area contributed by atoms with Gasteiger partial charge in [-0.3, -0.25) is 0 Å². The van der Waals surface area contributed by atoms with E-state index >= 15 is 0 Å². The lowest BCUT2D eigenvalue weighted by atomic mass is 9.80. The maximum absolute atomic E-state index is 11.2. The minimum atomic E-state index is -2.87. The van der Waals surface area contributed by atoms with Crippen LogP contribution in [0.2, 0.25) is 0 Å². The number of hydrogen-bond acceptors (Lipinski definition) is 3. The predicted molar refractivity (Wildman–Crippen MR) is 79.2 cm³/mol. The minimum absolute atomic E-state index is 0.227. The molecule has 1 aromatic carbocycles. The van der Waals surface area contributed by atoms with Gasteiger partial charge in [0.15, 0.2) is 0 Å². The van der Waals surface area contributed by atoms with E-state index in [-0.39, 0.29) is 5.75 Å². The molecule has 19 heavy (non-hydrogen) atoms. The average Bonchev–Trinajstić information content (AvgIpc) is 2.39. The Morgan fingerprint density at radius 1 is 1.16 bits per heavy atom. The first kappa shape index (κ1) is 14.5. The molecule has 1 fully saturated rings. The summed E-state index contributed by atoms with van der Waals surface area (Å²) in [4.78, 5) is 0. The van der Waals surface area contributed by atoms with Gasteiger partial charge in [-0.05, 0) is 24.3 Å². The number of rotatable bonds is 5. The molecule has 2 rings (SSSR count). The van der Waals surface area contributed by atoms with Crippen LogP contribution in [0.3, 0.4) is 0 Å². The predicted octanol–water partition coefficient (Wildman–Crippen LogP) is 2.35. The lowest BCUT2D eigenvalue weighted by Gasteiger charge is -2.32. The third-order valence-corrected chi connectivity index (χ3v) is 4.82. The monoisotopic (exact) mass is 281 g/mol. The highest BCUT2D eigenvalue weighted by molar-refractivity contribution is 7.90. The summed E-state index contributed by atoms with van der Waals surface area (Å²) in [6, 6.07) is 11.0. The van der Waals surface area contributed by atoms with Crippen molar-refractivity contribution < 1.29 is 8.42 Å². The summed E-state index contributed by atoms with van der Waals surface area (Å²) in [7, 11) is -2.87. The second-order valence-corrected chi connectivity index (χ2v) is 7.75. The molecule has 0 aliphatic heterocycles. The smallest absolute Gasteiger partial charge is 0.148 e. The van der Waals surface area contributed by atoms with Gasteiger partial charge in [0.1, 0.15) is 9.84 Å². The minimum Gasteiger partial charge on any atom is -0.312 e. The van der Waals surface area contributed by atoms with Gasteiger partial charge in [-0.1, -0.05) is 43.2 Å². The molecule has 0 radical (unpaired) electrons. The molecule has 4 heteroatoms. The first-order valence-corrected chi connectivity index (χ1v) is 9.08. The van der Waals surface area contributed by atoms with Crippen LogP contribution in [0.15, 0.2) is 30.3 Å². The van der Waals surface area contributed by atoms with Crippen LogP contribution in [-0.4, -0.2) is 33.0 Å². The zero-order valence-electron chi connectivity index (χ0n) is 11.5. The van der Waals surface area contributed by atoms with Gasteiger partial charge >= 0.3 is 0 Å². The number of sulfone groups is 1. The number of nitrogens with one attached hydrogen (secondary N) is 1. The Morgan fingerprint density at radius 3 is 2.53 bits per heavy atom. The van der Waals surface area contributed by atoms with Gasteiger partial charge in [-0.2, -0.15) is 0 Å². The van der Waals surface area contributed by atoms with Gasteiger partial charge in [0.2, 0.25) is 0 Å². The van der Waals surface area contributed by atoms with Crippen LogP contribution in [0.4, 0.5) is 0 Å². The average molecular weight is 281 g/mol. The van der Waals surface area contributed by atoms with Crippen LogP contribution in [-0.2, 0) is 9.84 Å². The Kier molecular flexibility index (Phi) is 4.99. The van der Waals surface area contributed by atoms with Crippen molar-refractivity contribution >= 4 is 9.84 Å². The van der Waals surface area contributed by atoms with Gasteiger partial charge in [-0.25, -0.2) is 8.42 Å². The van der Waals surface area contributed by atoms with E-state index in [0.29, 0.717) is 18.5 Å². The van der Waals surface area contributed by atoms with Crippen molar-refractivity contribution in [3.63, 3.8) is 0 Å². The van der Waals surface area contributed by atoms with Crippen molar-refractivity contribution in [1.82, 2.24) is 5.32 Å². The molecule has 0 spiro atoms. The van der Waals surface area contributed by atoms with Crippen molar-refractivity contribution in [2.75, 3.05) is 18.6 Å². The van der Waals surface area contributed by atoms with E-state index < -0.39 is 9.84 Å². The molecule has 1 saturated carbocycles. The summed E-state index contributed by atoms with van der Waals surface area (Å²) in [5.74, 6) is 0.750. The van der Waals surface area contributed by atoms with Crippen molar-refractivity contribution in [1.29, 1.82) is 0 Å². The van der Waals surface area contributed by atoms with E-state index in [1.807, 2.05) is 6.07 Å². The molecule has 0 amide bonds. The Hall–Kier alpha value is -0.870. The molecule has 1 aliphatic carbocycles. The van der Waals surface area contributed by atoms with Crippen LogP contribution < -0.4 is 5.32 Å². The molecule has 2 unspecified atom stereocenters. The van der Waals surface area contributed by atoms with Crippen molar-refractivity contribution in [2.24, 2.45) is 0 Å². The maximum Gasteiger partial charge on any atom is 0.148 e. The molecule has 0 saturated heterocycles. The van der Waals surface area contributed by atoms with Crippen LogP contribution in [0, 0.1) is 0 Å². The SMILES string of the molecule is CS(=O)(=O)CCNC1CCCCC1c1ccccc1. The highest BCUT2D eigenvalue weighted by Crippen LogP contribution is 2.32. The fourth-order valence-electron chi connectivity index (χ4n) is 2.90. The van der Waals surface area contributed by atoms with E-state index in [4.69, 9.17) is 0 Å². The summed E-state index contributed by atoms with van der Waals surface area (Å²) in [5, 5.41) is 3.45. The molecule has 2 atom stereocenters. The topological polar surface area (TPSA) is 46.2 Å². The summed E-state index contributed by atoms with van der Waals surface area (Å²) in [6.45, 7) is 0.562. The zero-order valence-corrected chi connectivity index (χ0v) is 12.3. The number of benzene rings is 1. The zero-order chi connectivity index (χ0) is 13.7. The standard InChI is InChI=1S/C15H23NO2S/c1-19(17,18)12-11-16-15-10-6-5-9-14(15)13-7-3-2-4-8-13/h2-4,7-8,14-16H,5-6,9-12H2,1H3. The van der Waals surface area contributed by atoms with E-state index in [1.54, 1.807) is 0 Å². The summed E-state index contributed by atoms with van der Waals surface area (Å²) in [6.07, 6.45) is 6.14. The molecule has 1 aliphatic rings. The molecule has 106 valence electrons. The maximum atomic E-state index is 11.2. The van der Waals surface area contributed by atoms with Crippen LogP contribution in [0.25, 0.3) is 0 Å². The molecular weight excluding hydrogens is 258 g/mol. The van der Waals surface area contributed by atoms with E-state index in [9.17, 15) is 8.42 Å². The van der Waals surface area contributed by atoms with Crippen molar-refractivity contribution in [2.45, 2.75) is 37.6 Å². The summed E-state index contributed by atoms with van der Waals surface area (Å²) < 4.78 is 22.4. The Labute approximate surface area is 116 Å². The Morgan fingerprint density at radius 2 is 1.84 bits per heavy atom. The highest BCUT2D eigenvalue weighted by Gasteiger charge is 2.25. The Balaban J connectivity index is 1.97. The van der Waals surface area contributed by atoms with E-state index in [1.165, 1.54) is 31.1 Å². The second kappa shape index (κ2) is 6.53. The van der Waals surface area contributed by atoms with Gasteiger partial charge < -0.3 is 5.32 Å². The largest absolute Gasteiger partial charge is 0.312 e. The first-order valence-electron chi connectivity index (χ1n) is 7.02. The molecular formula is C15H23NO2S. The van der Waals surface area contributed by atoms with E-state index in [0.717, 1.165) is 6.42 Å². The van der Waals surface area contributed by atoms with Crippen molar-refractivity contribution in [3.8, 4) is 0 Å². The summed E-state index contributed by atoms with van der Waals surface area (Å²) in [5.41, 5.74) is 1.37. The summed E-state index contributed by atoms with van der Waals surface area (Å²) >= 11 is 0. The molecule has 3 nitrogen and oxygen atoms in total. The molecule has 1 N–H and O–H groups in total. The highest BCUT2D eigenvalue weighted by atomic mass is 32.2. The lowest BCUT2D eigenvalue weighted by Crippen LogP contribution is -2.39. The van der Waals surface area contributed by atoms with Gasteiger partial charge in [0, 0.05) is 18.8 Å². The quantitative estimate of drug-likeness (QED) is 0.901. The number of hydrogen-bond donors (Lipinski definition) is 1. The normalized spacial score (nSPS) is 24.3. The second-order valence-electron chi connectivity index (χ2n) is 5.49. The fourth-order valence-corrected chi connectivity index (χ4v) is 3.39. The fraction of sp³-hybridized carbons (Fsp3) is 0.600. The molecule has 0 heterocycles. The van der Waals surface area contributed by atoms with Gasteiger partial charge in [-0.15, -0.1) is 0 Å². The lowest BCUT2D eigenvalue weighted by molar-refractivity contribution is 0.333. The third-order valence-electron chi connectivity index (χ3n) is 3.87. The van der Waals surface area contributed by atoms with Crippen LogP contribution in [0.1, 0.15) is 37.2 Å². The molecule has 0 bridgehead atoms. The molecule has 0 aromatic heterocycles. The van der Waals surface area contributed by atoms with Crippen molar-refractivity contribution in [3.05, 3.63) is 35.9 Å². The van der Waals surface area contributed by atoms with Crippen LogP contribution in [0.5, 0.6) is 0 Å². The van der Waals surface area contributed by atoms with E-state index in [2.05, 4.69) is 29.6 Å². The van der Waals surface area contributed by atoms with Gasteiger partial charge in [0.05, 0.1) is 5.75 Å². The Bertz CT molecular complexity index is 484.